The Morgan fingerprint density at radius 2 is 0.818 bits per heavy atom. The van der Waals surface area contributed by atoms with E-state index in [9.17, 15) is 74.8 Å². The third-order valence-corrected chi connectivity index (χ3v) is 31.0. The van der Waals surface area contributed by atoms with E-state index in [1.54, 1.807) is 96.4 Å². The van der Waals surface area contributed by atoms with Crippen molar-refractivity contribution in [3.8, 4) is 17.4 Å². The van der Waals surface area contributed by atoms with Crippen LogP contribution in [0, 0.1) is 48.1 Å². The lowest BCUT2D eigenvalue weighted by atomic mass is 9.96. The summed E-state index contributed by atoms with van der Waals surface area (Å²) in [5.74, 6) is -1.04. The second kappa shape index (κ2) is 45.2. The number of ether oxygens (including phenoxy) is 2. The largest absolute Gasteiger partial charge is 0.494 e. The normalized spacial score (nSPS) is 17.9. The number of benzene rings is 3. The Bertz CT molecular complexity index is 7360. The Hall–Kier alpha value is -14.2. The van der Waals surface area contributed by atoms with E-state index >= 15 is 0 Å². The van der Waals surface area contributed by atoms with Gasteiger partial charge in [-0.2, -0.15) is 51.8 Å². The Morgan fingerprint density at radius 3 is 1.22 bits per heavy atom. The van der Waals surface area contributed by atoms with Gasteiger partial charge in [-0.05, 0) is 265 Å². The summed E-state index contributed by atoms with van der Waals surface area (Å²) < 4.78 is 191. The molecule has 4 amide bonds. The number of carbonyl (C=O) groups excluding carboxylic acids is 4. The van der Waals surface area contributed by atoms with E-state index in [0.717, 1.165) is 73.7 Å². The van der Waals surface area contributed by atoms with Gasteiger partial charge in [-0.25, -0.2) is 67.5 Å². The van der Waals surface area contributed by atoms with Gasteiger partial charge >= 0.3 is 6.18 Å². The van der Waals surface area contributed by atoms with Crippen LogP contribution < -0.4 is 63.5 Å². The third-order valence-electron chi connectivity index (χ3n) is 26.1. The van der Waals surface area contributed by atoms with Crippen LogP contribution in [-0.4, -0.2) is 183 Å². The number of pyridine rings is 9. The van der Waals surface area contributed by atoms with Crippen LogP contribution in [0.1, 0.15) is 187 Å². The van der Waals surface area contributed by atoms with Gasteiger partial charge in [-0.15, -0.1) is 0 Å². The number of hydrogen-bond donors (Lipinski definition) is 6. The number of halogens is 5. The molecule has 6 N–H and O–H groups in total. The number of anilines is 7. The van der Waals surface area contributed by atoms with Crippen LogP contribution in [0.3, 0.4) is 0 Å². The van der Waals surface area contributed by atoms with Crippen LogP contribution in [-0.2, 0) is 53.1 Å². The predicted octanol–water partition coefficient (Wildman–Crippen LogP) is 17.3. The smallest absolute Gasteiger partial charge is 0.391 e. The third kappa shape index (κ3) is 26.7. The molecule has 4 unspecified atom stereocenters. The minimum Gasteiger partial charge on any atom is -0.494 e. The van der Waals surface area contributed by atoms with Gasteiger partial charge in [0.25, 0.3) is 63.7 Å². The number of fused-ring (bicyclic) bond motifs is 1. The molecule has 5 fully saturated rings. The highest BCUT2D eigenvalue weighted by Gasteiger charge is 2.46. The van der Waals surface area contributed by atoms with Crippen LogP contribution in [0.15, 0.2) is 239 Å². The van der Waals surface area contributed by atoms with Crippen molar-refractivity contribution in [1.29, 1.82) is 0 Å². The molecule has 14 heterocycles. The molecule has 0 aliphatic carbocycles. The molecule has 5 aliphatic rings. The van der Waals surface area contributed by atoms with Gasteiger partial charge in [-0.1, -0.05) is 94.4 Å². The Kier molecular flexibility index (Phi) is 33.5. The highest BCUT2D eigenvalue weighted by molar-refractivity contribution is 7.91. The molecule has 5 aliphatic heterocycles. The molecule has 0 bridgehead atoms. The van der Waals surface area contributed by atoms with Gasteiger partial charge in [-0.3, -0.25) is 19.2 Å². The van der Waals surface area contributed by atoms with Crippen molar-refractivity contribution in [3.63, 3.8) is 0 Å². The van der Waals surface area contributed by atoms with Crippen LogP contribution in [0.2, 0.25) is 0 Å². The Morgan fingerprint density at radius 1 is 0.432 bits per heavy atom. The zero-order valence-electron chi connectivity index (χ0n) is 84.5. The first-order valence-corrected chi connectivity index (χ1v) is 54.4. The second-order valence-corrected chi connectivity index (χ2v) is 46.6. The number of hydrogen-bond acceptors (Lipinski definition) is 30. The average Bonchev–Trinajstić information content (AvgIpc) is 1.64. The van der Waals surface area contributed by atoms with Crippen LogP contribution >= 0.6 is 0 Å². The Labute approximate surface area is 859 Å². The van der Waals surface area contributed by atoms with Gasteiger partial charge in [0.15, 0.2) is 37.5 Å². The minimum absolute atomic E-state index is 0.0571. The quantitative estimate of drug-likeness (QED) is 0.0248. The lowest BCUT2D eigenvalue weighted by Crippen LogP contribution is -2.41. The van der Waals surface area contributed by atoms with Crippen molar-refractivity contribution in [2.45, 2.75) is 197 Å². The summed E-state index contributed by atoms with van der Waals surface area (Å²) in [4.78, 5) is 101. The van der Waals surface area contributed by atoms with Crippen molar-refractivity contribution in [1.82, 2.24) is 63.7 Å². The fourth-order valence-electron chi connectivity index (χ4n) is 19.5. The molecule has 148 heavy (non-hydrogen) atoms. The van der Waals surface area contributed by atoms with E-state index in [1.165, 1.54) is 72.8 Å². The first-order valence-electron chi connectivity index (χ1n) is 48.4. The second-order valence-electron chi connectivity index (χ2n) is 40.0. The molecule has 12 aromatic rings. The van der Waals surface area contributed by atoms with Gasteiger partial charge in [0.05, 0.1) is 34.8 Å². The number of para-hydroxylation sites is 1. The number of aryl methyl sites for hydroxylation is 1. The lowest BCUT2D eigenvalue weighted by molar-refractivity contribution is -0.179. The fraction of sp³-hybridized carbons (Fsp3) is 0.381. The van der Waals surface area contributed by atoms with E-state index in [1.807, 2.05) is 72.2 Å². The lowest BCUT2D eigenvalue weighted by Gasteiger charge is -2.33. The topological polar surface area (TPSA) is 428 Å². The molecular formula is C105H121F5N20O14S4. The summed E-state index contributed by atoms with van der Waals surface area (Å²) in [6, 6.07) is 51.0. The maximum Gasteiger partial charge on any atom is 0.391 e. The SMILES string of the molecule is CC1CN(c2ncccc2C(=O)NS(=O)(=O)c2cccc(N3CCC(C(F)(F)F)CC3)n2)C(C)(C)C1.CC1CN(c2ncccc2C(=O)NS(=O)(=O)c2cccc(NCc3cccc(F)c3F)n2)C(C)(C)C1.CCOc1ccc(CCNc2cccc(S(=O)(=O)NC(=O)c3cccnc3N3CC(C)CC3(C)C)n2)cc1.Cc1ccc2cccc(Oc3cccc(S(=O)(=O)NC(=O)c4cccnc4N4CC(C)CC4(C)C)n3)c2n1. The number of sulfonamides is 4. The van der Waals surface area contributed by atoms with Crippen molar-refractivity contribution in [2.24, 2.45) is 29.6 Å². The Balaban J connectivity index is 0.000000156. The summed E-state index contributed by atoms with van der Waals surface area (Å²) in [5, 5.41) is 5.45. The minimum atomic E-state index is -4.35. The molecule has 0 saturated carbocycles. The van der Waals surface area contributed by atoms with Gasteiger partial charge in [0, 0.05) is 122 Å². The molecule has 43 heteroatoms. The van der Waals surface area contributed by atoms with Crippen molar-refractivity contribution < 1.29 is 84.3 Å². The summed E-state index contributed by atoms with van der Waals surface area (Å²) in [7, 11) is -17.2. The van der Waals surface area contributed by atoms with Crippen LogP contribution in [0.4, 0.5) is 62.7 Å². The van der Waals surface area contributed by atoms with Gasteiger partial charge in [0.2, 0.25) is 5.88 Å². The summed E-state index contributed by atoms with van der Waals surface area (Å²) in [5.41, 5.74) is 2.38. The molecule has 9 aromatic heterocycles. The van der Waals surface area contributed by atoms with Crippen molar-refractivity contribution >= 4 is 115 Å². The number of nitrogens with zero attached hydrogens (tertiary/aromatic N) is 14. The van der Waals surface area contributed by atoms with Gasteiger partial charge < -0.3 is 44.6 Å². The number of piperidine rings is 1. The molecule has 3 aromatic carbocycles. The molecule has 34 nitrogen and oxygen atoms in total. The number of alkyl halides is 3. The first kappa shape index (κ1) is 109. The average molecular weight is 2110 g/mol. The monoisotopic (exact) mass is 2110 g/mol. The number of aromatic nitrogens is 9. The zero-order chi connectivity index (χ0) is 107. The highest BCUT2D eigenvalue weighted by atomic mass is 32.2. The first-order chi connectivity index (χ1) is 69.9. The van der Waals surface area contributed by atoms with E-state index in [4.69, 9.17) is 9.47 Å². The van der Waals surface area contributed by atoms with Gasteiger partial charge in [0.1, 0.15) is 52.0 Å². The molecule has 4 atom stereocenters. The maximum absolute atomic E-state index is 13.9. The maximum atomic E-state index is 13.9. The number of rotatable bonds is 28. The van der Waals surface area contributed by atoms with E-state index in [-0.39, 0.29) is 115 Å². The number of nitrogens with one attached hydrogen (secondary N) is 6. The summed E-state index contributed by atoms with van der Waals surface area (Å²) in [6.45, 7) is 33.0. The summed E-state index contributed by atoms with van der Waals surface area (Å²) in [6.07, 6.45) is 6.34. The van der Waals surface area contributed by atoms with Crippen molar-refractivity contribution in [3.05, 3.63) is 270 Å². The van der Waals surface area contributed by atoms with Crippen LogP contribution in [0.25, 0.3) is 10.9 Å². The number of amides is 4. The van der Waals surface area contributed by atoms with E-state index in [2.05, 4.69) is 167 Å². The molecule has 0 spiro atoms. The number of carbonyl (C=O) groups is 4. The molecule has 17 rings (SSSR count). The standard InChI is InChI=1S/C28H29N5O4S.C28H35N5O4S.C25H27F2N5O3S.C24H30F3N5O3S/c1-18-16-28(3,4)33(17-18)26-21(9-7-15-29-26)27(34)32-38(35,36)24-12-6-11-23(31-24)37-22-10-5-8-20-14-13-19(2)30-25(20)22;1-5-37-22-13-11-21(12-14-22)15-17-29-24-9-6-10-25(31-24)38(35,36)32-27(34)23-8-7-16-30-26(23)33-19-20(2)18-28(33,3)4;1-16-13-25(2,3)32(15-16)23-18(8-6-12-28-23)24(33)31-36(34,35)21-11-5-10-20(30-21)29-14-17-7-4-9-19(26)22(17)27;1-16-14-23(2,3)32(15-16)21-18(6-5-11-28-21)22(33)30-36(34,35)20-8-4-7-19(29-20)31-12-9-17(10-13-31)24(25,26)27/h5-15,18H,16-17H2,1-4H3,(H,32,34);6-14,16,20H,5,15,17-19H2,1-4H3,(H,29,31)(H,32,34);4-12,16H,13-15H2,1-3H3,(H,29,30)(H,31,33);4-8,11,16-17H,9-10,12-15H2,1-3H3,(H,30,33). The van der Waals surface area contributed by atoms with Crippen LogP contribution in [0.5, 0.6) is 17.4 Å². The summed E-state index contributed by atoms with van der Waals surface area (Å²) >= 11 is 0. The molecular weight excluding hydrogens is 1990 g/mol. The fourth-order valence-corrected chi connectivity index (χ4v) is 23.3. The molecule has 784 valence electrons. The van der Waals surface area contributed by atoms with E-state index < -0.39 is 92.5 Å². The van der Waals surface area contributed by atoms with E-state index in [0.29, 0.717) is 90.3 Å². The predicted molar refractivity (Wildman–Crippen MR) is 554 cm³/mol. The molecule has 0 radical (unpaired) electrons. The molecule has 5 saturated heterocycles. The van der Waals surface area contributed by atoms with Crippen molar-refractivity contribution in [2.75, 3.05) is 87.6 Å². The zero-order valence-corrected chi connectivity index (χ0v) is 87.8. The highest BCUT2D eigenvalue weighted by Crippen LogP contribution is 2.44.